The molecule has 0 unspecified atom stereocenters. The number of rotatable bonds is 2. The SMILES string of the molecule is COC(=O)C[P+]1(O)OCCO1. The van der Waals surface area contributed by atoms with Gasteiger partial charge in [0.15, 0.2) is 0 Å². The van der Waals surface area contributed by atoms with Gasteiger partial charge in [0.05, 0.1) is 7.11 Å². The summed E-state index contributed by atoms with van der Waals surface area (Å²) in [6.45, 7) is 0.697. The van der Waals surface area contributed by atoms with Gasteiger partial charge in [0.25, 0.3) is 0 Å². The Bertz CT molecular complexity index is 153. The molecule has 1 aliphatic heterocycles. The molecule has 0 amide bonds. The van der Waals surface area contributed by atoms with Gasteiger partial charge in [0, 0.05) is 0 Å². The molecule has 0 radical (unpaired) electrons. The van der Waals surface area contributed by atoms with Crippen molar-refractivity contribution in [3.63, 3.8) is 0 Å². The second kappa shape index (κ2) is 3.45. The number of carbonyl (C=O) groups is 1. The Balaban J connectivity index is 2.39. The van der Waals surface area contributed by atoms with Crippen LogP contribution < -0.4 is 0 Å². The maximum Gasteiger partial charge on any atom is 0.420 e. The summed E-state index contributed by atoms with van der Waals surface area (Å²) in [6, 6.07) is 0. The molecule has 1 heterocycles. The monoisotopic (exact) mass is 181 g/mol. The van der Waals surface area contributed by atoms with Crippen LogP contribution in [0.1, 0.15) is 0 Å². The highest BCUT2D eigenvalue weighted by atomic mass is 31.2. The van der Waals surface area contributed by atoms with Gasteiger partial charge in [0.2, 0.25) is 6.16 Å². The van der Waals surface area contributed by atoms with Crippen molar-refractivity contribution in [3.05, 3.63) is 0 Å². The average Bonchev–Trinajstić information content (AvgIpc) is 2.36. The van der Waals surface area contributed by atoms with Gasteiger partial charge in [-0.1, -0.05) is 0 Å². The van der Waals surface area contributed by atoms with Crippen LogP contribution in [-0.2, 0) is 18.6 Å². The first-order chi connectivity index (χ1) is 5.16. The zero-order valence-corrected chi connectivity index (χ0v) is 7.04. The Kier molecular flexibility index (Phi) is 2.78. The van der Waals surface area contributed by atoms with Crippen molar-refractivity contribution < 1.29 is 23.5 Å². The van der Waals surface area contributed by atoms with Crippen LogP contribution in [0, 0.1) is 0 Å². The molecular weight excluding hydrogens is 171 g/mol. The number of ether oxygens (including phenoxy) is 1. The summed E-state index contributed by atoms with van der Waals surface area (Å²) in [5.74, 6) is -0.511. The molecule has 5 nitrogen and oxygen atoms in total. The van der Waals surface area contributed by atoms with Crippen molar-refractivity contribution in [3.8, 4) is 0 Å². The molecule has 0 bridgehead atoms. The molecule has 0 atom stereocenters. The second-order valence-corrected chi connectivity index (χ2v) is 4.15. The Labute approximate surface area is 64.8 Å². The third-order valence-electron chi connectivity index (χ3n) is 1.23. The quantitative estimate of drug-likeness (QED) is 0.478. The van der Waals surface area contributed by atoms with Gasteiger partial charge in [-0.15, -0.1) is 0 Å². The van der Waals surface area contributed by atoms with Crippen LogP contribution in [0.4, 0.5) is 0 Å². The van der Waals surface area contributed by atoms with E-state index in [4.69, 9.17) is 9.05 Å². The number of esters is 1. The summed E-state index contributed by atoms with van der Waals surface area (Å²) in [7, 11) is -1.61. The molecule has 0 aromatic heterocycles. The second-order valence-electron chi connectivity index (χ2n) is 2.04. The predicted octanol–water partition coefficient (Wildman–Crippen LogP) is -0.0389. The Hall–Kier alpha value is -0.220. The fraction of sp³-hybridized carbons (Fsp3) is 0.800. The van der Waals surface area contributed by atoms with E-state index in [1.807, 2.05) is 0 Å². The molecule has 1 rings (SSSR count). The summed E-state index contributed by atoms with van der Waals surface area (Å²) in [5, 5.41) is 0. The molecule has 0 aromatic carbocycles. The van der Waals surface area contributed by atoms with Gasteiger partial charge in [0.1, 0.15) is 13.2 Å². The third kappa shape index (κ3) is 2.38. The van der Waals surface area contributed by atoms with E-state index in [1.165, 1.54) is 7.11 Å². The highest BCUT2D eigenvalue weighted by Crippen LogP contribution is 2.59. The molecule has 1 fully saturated rings. The van der Waals surface area contributed by atoms with Crippen LogP contribution in [0.3, 0.4) is 0 Å². The van der Waals surface area contributed by atoms with Gasteiger partial charge in [-0.25, -0.2) is 4.79 Å². The van der Waals surface area contributed by atoms with Crippen molar-refractivity contribution >= 4 is 13.9 Å². The number of methoxy groups -OCH3 is 1. The van der Waals surface area contributed by atoms with E-state index in [0.717, 1.165) is 0 Å². The first-order valence-electron chi connectivity index (χ1n) is 3.13. The van der Waals surface area contributed by atoms with E-state index in [-0.39, 0.29) is 6.16 Å². The molecule has 64 valence electrons. The summed E-state index contributed by atoms with van der Waals surface area (Å²) < 4.78 is 14.1. The van der Waals surface area contributed by atoms with Crippen LogP contribution >= 0.6 is 7.94 Å². The minimum atomic E-state index is -2.87. The minimum Gasteiger partial charge on any atom is -0.466 e. The van der Waals surface area contributed by atoms with E-state index < -0.39 is 13.9 Å². The largest absolute Gasteiger partial charge is 0.466 e. The molecule has 0 aromatic rings. The topological polar surface area (TPSA) is 65.0 Å². The maximum atomic E-state index is 10.7. The lowest BCUT2D eigenvalue weighted by molar-refractivity contribution is -0.137. The lowest BCUT2D eigenvalue weighted by Gasteiger charge is -2.06. The van der Waals surface area contributed by atoms with Crippen molar-refractivity contribution in [1.82, 2.24) is 0 Å². The van der Waals surface area contributed by atoms with E-state index in [0.29, 0.717) is 13.2 Å². The number of carbonyl (C=O) groups excluding carboxylic acids is 1. The van der Waals surface area contributed by atoms with Crippen LogP contribution in [-0.4, -0.2) is 37.3 Å². The molecular formula is C5H10O5P+. The van der Waals surface area contributed by atoms with Gasteiger partial charge in [-0.05, 0) is 0 Å². The molecule has 11 heavy (non-hydrogen) atoms. The lowest BCUT2D eigenvalue weighted by atomic mass is 10.8. The highest BCUT2D eigenvalue weighted by molar-refractivity contribution is 7.61. The van der Waals surface area contributed by atoms with Crippen LogP contribution in [0.25, 0.3) is 0 Å². The predicted molar refractivity (Wildman–Crippen MR) is 37.9 cm³/mol. The fourth-order valence-electron chi connectivity index (χ4n) is 0.716. The van der Waals surface area contributed by atoms with E-state index in [9.17, 15) is 9.69 Å². The third-order valence-corrected chi connectivity index (χ3v) is 3.06. The highest BCUT2D eigenvalue weighted by Gasteiger charge is 2.48. The standard InChI is InChI=1S/C5H10O5P/c1-8-5(6)4-11(7)9-2-3-10-11/h7H,2-4H2,1H3/q+1. The Morgan fingerprint density at radius 1 is 1.64 bits per heavy atom. The first kappa shape index (κ1) is 8.87. The Morgan fingerprint density at radius 3 is 2.64 bits per heavy atom. The molecule has 1 N–H and O–H groups in total. The molecule has 6 heteroatoms. The van der Waals surface area contributed by atoms with Gasteiger partial charge < -0.3 is 4.74 Å². The molecule has 1 saturated heterocycles. The summed E-state index contributed by atoms with van der Waals surface area (Å²) in [4.78, 5) is 20.0. The number of hydrogen-bond donors (Lipinski definition) is 1. The summed E-state index contributed by atoms with van der Waals surface area (Å²) >= 11 is 0. The van der Waals surface area contributed by atoms with Gasteiger partial charge >= 0.3 is 13.9 Å². The van der Waals surface area contributed by atoms with Crippen LogP contribution in [0.5, 0.6) is 0 Å². The van der Waals surface area contributed by atoms with Crippen molar-refractivity contribution in [2.24, 2.45) is 0 Å². The first-order valence-corrected chi connectivity index (χ1v) is 4.89. The average molecular weight is 181 g/mol. The van der Waals surface area contributed by atoms with E-state index in [1.54, 1.807) is 0 Å². The van der Waals surface area contributed by atoms with Gasteiger partial charge in [-0.3, -0.25) is 0 Å². The summed E-state index contributed by atoms with van der Waals surface area (Å²) in [5.41, 5.74) is 0. The van der Waals surface area contributed by atoms with Crippen molar-refractivity contribution in [2.75, 3.05) is 26.5 Å². The van der Waals surface area contributed by atoms with Gasteiger partial charge in [-0.2, -0.15) is 13.9 Å². The number of hydrogen-bond acceptors (Lipinski definition) is 5. The van der Waals surface area contributed by atoms with Crippen LogP contribution in [0.2, 0.25) is 0 Å². The van der Waals surface area contributed by atoms with E-state index >= 15 is 0 Å². The minimum absolute atomic E-state index is 0.177. The van der Waals surface area contributed by atoms with Crippen molar-refractivity contribution in [1.29, 1.82) is 0 Å². The normalized spacial score (nSPS) is 21.6. The van der Waals surface area contributed by atoms with Crippen molar-refractivity contribution in [2.45, 2.75) is 0 Å². The van der Waals surface area contributed by atoms with Crippen LogP contribution in [0.15, 0.2) is 0 Å². The smallest absolute Gasteiger partial charge is 0.420 e. The molecule has 1 aliphatic rings. The molecule has 0 spiro atoms. The Morgan fingerprint density at radius 2 is 2.18 bits per heavy atom. The zero-order chi connectivity index (χ0) is 8.32. The zero-order valence-electron chi connectivity index (χ0n) is 6.15. The lowest BCUT2D eigenvalue weighted by Crippen LogP contribution is -2.11. The molecule has 0 saturated carbocycles. The summed E-state index contributed by atoms with van der Waals surface area (Å²) in [6.07, 6.45) is -0.177. The fourth-order valence-corrected chi connectivity index (χ4v) is 2.15. The van der Waals surface area contributed by atoms with E-state index in [2.05, 4.69) is 4.74 Å². The maximum absolute atomic E-state index is 10.7. The molecule has 0 aliphatic carbocycles.